The topological polar surface area (TPSA) is 58.6 Å². The minimum Gasteiger partial charge on any atom is -0.494 e. The van der Waals surface area contributed by atoms with Gasteiger partial charge in [-0.25, -0.2) is 4.39 Å². The van der Waals surface area contributed by atoms with Crippen molar-refractivity contribution in [3.63, 3.8) is 0 Å². The number of halogens is 1. The summed E-state index contributed by atoms with van der Waals surface area (Å²) in [6.07, 6.45) is 2.53. The Hall–Kier alpha value is -2.41. The van der Waals surface area contributed by atoms with Crippen LogP contribution in [0.3, 0.4) is 0 Å². The van der Waals surface area contributed by atoms with E-state index in [9.17, 15) is 14.0 Å². The van der Waals surface area contributed by atoms with E-state index in [1.165, 1.54) is 13.2 Å². The molecule has 0 aliphatic carbocycles. The number of hydrogen-bond acceptors (Lipinski definition) is 4. The highest BCUT2D eigenvalue weighted by atomic mass is 32.1. The Morgan fingerprint density at radius 3 is 2.82 bits per heavy atom. The zero-order valence-corrected chi connectivity index (χ0v) is 17.0. The maximum Gasteiger partial charge on any atom is 0.222 e. The molecule has 1 saturated heterocycles. The molecule has 28 heavy (non-hydrogen) atoms. The second-order valence-corrected chi connectivity index (χ2v) is 8.14. The average Bonchev–Trinajstić information content (AvgIpc) is 3.31. The minimum atomic E-state index is -0.487. The van der Waals surface area contributed by atoms with Gasteiger partial charge in [0.25, 0.3) is 0 Å². The first-order chi connectivity index (χ1) is 13.4. The Labute approximate surface area is 168 Å². The second-order valence-electron chi connectivity index (χ2n) is 7.36. The van der Waals surface area contributed by atoms with E-state index in [0.717, 1.165) is 11.1 Å². The standard InChI is InChI=1S/C21H25FN2O3S/c1-24(13-16-7-10-28-14-16)20(26)6-9-21(8-5-19(25)23-21)12-15-3-4-17(22)18(11-15)27-2/h3-4,7,10-11,14H,5-6,8-9,12-13H2,1-2H3,(H,23,25). The number of amides is 2. The van der Waals surface area contributed by atoms with E-state index in [-0.39, 0.29) is 17.6 Å². The lowest BCUT2D eigenvalue weighted by atomic mass is 9.84. The Morgan fingerprint density at radius 2 is 2.18 bits per heavy atom. The third-order valence-electron chi connectivity index (χ3n) is 5.24. The molecule has 0 bridgehead atoms. The van der Waals surface area contributed by atoms with Gasteiger partial charge in [0.1, 0.15) is 0 Å². The molecule has 1 fully saturated rings. The van der Waals surface area contributed by atoms with Crippen molar-refractivity contribution in [2.75, 3.05) is 14.2 Å². The molecule has 7 heteroatoms. The molecule has 1 aromatic heterocycles. The van der Waals surface area contributed by atoms with E-state index < -0.39 is 11.4 Å². The van der Waals surface area contributed by atoms with Gasteiger partial charge in [-0.05, 0) is 59.3 Å². The van der Waals surface area contributed by atoms with Crippen molar-refractivity contribution in [3.8, 4) is 5.75 Å². The van der Waals surface area contributed by atoms with Gasteiger partial charge in [-0.3, -0.25) is 9.59 Å². The fraction of sp³-hybridized carbons (Fsp3) is 0.429. The number of methoxy groups -OCH3 is 1. The predicted molar refractivity (Wildman–Crippen MR) is 107 cm³/mol. The molecule has 3 rings (SSSR count). The second kappa shape index (κ2) is 8.73. The molecular weight excluding hydrogens is 379 g/mol. The number of benzene rings is 1. The smallest absolute Gasteiger partial charge is 0.222 e. The molecule has 0 radical (unpaired) electrons. The van der Waals surface area contributed by atoms with Crippen molar-refractivity contribution >= 4 is 23.2 Å². The Kier molecular flexibility index (Phi) is 6.34. The zero-order chi connectivity index (χ0) is 20.1. The predicted octanol–water partition coefficient (Wildman–Crippen LogP) is 3.53. The molecule has 0 spiro atoms. The van der Waals surface area contributed by atoms with Gasteiger partial charge >= 0.3 is 0 Å². The zero-order valence-electron chi connectivity index (χ0n) is 16.2. The molecule has 150 valence electrons. The van der Waals surface area contributed by atoms with Crippen LogP contribution in [-0.4, -0.2) is 36.4 Å². The van der Waals surface area contributed by atoms with E-state index in [0.29, 0.717) is 38.6 Å². The van der Waals surface area contributed by atoms with Gasteiger partial charge in [0.05, 0.1) is 7.11 Å². The number of rotatable bonds is 8. The normalized spacial score (nSPS) is 18.8. The first-order valence-electron chi connectivity index (χ1n) is 9.29. The van der Waals surface area contributed by atoms with Crippen LogP contribution in [0.4, 0.5) is 4.39 Å². The molecule has 1 N–H and O–H groups in total. The summed E-state index contributed by atoms with van der Waals surface area (Å²) in [5.41, 5.74) is 1.50. The van der Waals surface area contributed by atoms with Crippen molar-refractivity contribution in [1.82, 2.24) is 10.2 Å². The van der Waals surface area contributed by atoms with Crippen molar-refractivity contribution in [2.24, 2.45) is 0 Å². The van der Waals surface area contributed by atoms with Crippen LogP contribution in [0.5, 0.6) is 5.75 Å². The molecule has 5 nitrogen and oxygen atoms in total. The summed E-state index contributed by atoms with van der Waals surface area (Å²) in [5, 5.41) is 7.09. The first kappa shape index (κ1) is 20.3. The molecule has 2 aromatic rings. The minimum absolute atomic E-state index is 0.00634. The number of carbonyl (C=O) groups is 2. The van der Waals surface area contributed by atoms with Crippen LogP contribution in [0.25, 0.3) is 0 Å². The Balaban J connectivity index is 1.66. The number of hydrogen-bond donors (Lipinski definition) is 1. The Bertz CT molecular complexity index is 840. The summed E-state index contributed by atoms with van der Waals surface area (Å²) < 4.78 is 18.8. The van der Waals surface area contributed by atoms with Crippen molar-refractivity contribution in [1.29, 1.82) is 0 Å². The van der Waals surface area contributed by atoms with Gasteiger partial charge in [-0.1, -0.05) is 6.07 Å². The Morgan fingerprint density at radius 1 is 1.36 bits per heavy atom. The van der Waals surface area contributed by atoms with Crippen LogP contribution in [0, 0.1) is 5.82 Å². The highest BCUT2D eigenvalue weighted by Gasteiger charge is 2.38. The van der Waals surface area contributed by atoms with Crippen LogP contribution in [0.2, 0.25) is 0 Å². The molecule has 1 unspecified atom stereocenters. The number of nitrogens with zero attached hydrogens (tertiary/aromatic N) is 1. The van der Waals surface area contributed by atoms with E-state index in [1.54, 1.807) is 35.4 Å². The summed E-state index contributed by atoms with van der Waals surface area (Å²) >= 11 is 1.61. The summed E-state index contributed by atoms with van der Waals surface area (Å²) in [6.45, 7) is 0.580. The molecule has 2 amide bonds. The van der Waals surface area contributed by atoms with Crippen LogP contribution < -0.4 is 10.1 Å². The molecule has 1 aliphatic rings. The molecule has 0 saturated carbocycles. The monoisotopic (exact) mass is 404 g/mol. The van der Waals surface area contributed by atoms with Gasteiger partial charge in [0.2, 0.25) is 11.8 Å². The van der Waals surface area contributed by atoms with Crippen molar-refractivity contribution < 1.29 is 18.7 Å². The highest BCUT2D eigenvalue weighted by Crippen LogP contribution is 2.31. The summed E-state index contributed by atoms with van der Waals surface area (Å²) in [5.74, 6) is -0.193. The third kappa shape index (κ3) is 4.90. The number of ether oxygens (including phenoxy) is 1. The molecule has 1 aromatic carbocycles. The third-order valence-corrected chi connectivity index (χ3v) is 5.97. The number of nitrogens with one attached hydrogen (secondary N) is 1. The lowest BCUT2D eigenvalue weighted by Gasteiger charge is -2.30. The van der Waals surface area contributed by atoms with Crippen LogP contribution >= 0.6 is 11.3 Å². The van der Waals surface area contributed by atoms with Gasteiger partial charge in [0.15, 0.2) is 11.6 Å². The summed E-state index contributed by atoms with van der Waals surface area (Å²) in [7, 11) is 3.22. The fourth-order valence-electron chi connectivity index (χ4n) is 3.67. The van der Waals surface area contributed by atoms with Gasteiger partial charge < -0.3 is 15.0 Å². The SMILES string of the molecule is COc1cc(CC2(CCC(=O)N(C)Cc3ccsc3)CCC(=O)N2)ccc1F. The van der Waals surface area contributed by atoms with Crippen LogP contribution in [-0.2, 0) is 22.6 Å². The largest absolute Gasteiger partial charge is 0.494 e. The van der Waals surface area contributed by atoms with Crippen molar-refractivity contribution in [3.05, 3.63) is 52.0 Å². The van der Waals surface area contributed by atoms with Crippen molar-refractivity contribution in [2.45, 2.75) is 44.2 Å². The van der Waals surface area contributed by atoms with E-state index >= 15 is 0 Å². The lowest BCUT2D eigenvalue weighted by Crippen LogP contribution is -2.44. The summed E-state index contributed by atoms with van der Waals surface area (Å²) in [4.78, 5) is 26.2. The maximum absolute atomic E-state index is 13.7. The quantitative estimate of drug-likeness (QED) is 0.732. The fourth-order valence-corrected chi connectivity index (χ4v) is 4.33. The maximum atomic E-state index is 13.7. The van der Waals surface area contributed by atoms with Crippen LogP contribution in [0.1, 0.15) is 36.8 Å². The average molecular weight is 405 g/mol. The lowest BCUT2D eigenvalue weighted by molar-refractivity contribution is -0.131. The molecule has 1 aliphatic heterocycles. The van der Waals surface area contributed by atoms with E-state index in [1.807, 2.05) is 16.8 Å². The first-order valence-corrected chi connectivity index (χ1v) is 10.2. The summed E-state index contributed by atoms with van der Waals surface area (Å²) in [6, 6.07) is 6.74. The van der Waals surface area contributed by atoms with Gasteiger partial charge in [-0.2, -0.15) is 11.3 Å². The molecule has 2 heterocycles. The number of carbonyl (C=O) groups excluding carboxylic acids is 2. The number of thiophene rings is 1. The molecular formula is C21H25FN2O3S. The van der Waals surface area contributed by atoms with Gasteiger partial charge in [0, 0.05) is 32.0 Å². The molecule has 1 atom stereocenters. The highest BCUT2D eigenvalue weighted by molar-refractivity contribution is 7.07. The van der Waals surface area contributed by atoms with Gasteiger partial charge in [-0.15, -0.1) is 0 Å². The van der Waals surface area contributed by atoms with E-state index in [4.69, 9.17) is 4.74 Å². The van der Waals surface area contributed by atoms with Crippen LogP contribution in [0.15, 0.2) is 35.0 Å². The van der Waals surface area contributed by atoms with E-state index in [2.05, 4.69) is 5.32 Å².